The van der Waals surface area contributed by atoms with Crippen molar-refractivity contribution >= 4 is 34.2 Å². The second-order valence-electron chi connectivity index (χ2n) is 8.29. The predicted molar refractivity (Wildman–Crippen MR) is 112 cm³/mol. The molecule has 0 fully saturated rings. The number of ether oxygens (including phenoxy) is 1. The Morgan fingerprint density at radius 1 is 1.14 bits per heavy atom. The molecule has 29 heavy (non-hydrogen) atoms. The van der Waals surface area contributed by atoms with Gasteiger partial charge in [0.1, 0.15) is 5.00 Å². The van der Waals surface area contributed by atoms with Crippen molar-refractivity contribution in [2.45, 2.75) is 59.8 Å². The number of fused-ring (bicyclic) bond motifs is 1. The van der Waals surface area contributed by atoms with Crippen LogP contribution in [0.15, 0.2) is 11.1 Å². The van der Waals surface area contributed by atoms with Crippen LogP contribution in [0.2, 0.25) is 0 Å². The molecular formula is C22H29NO5S. The zero-order valence-corrected chi connectivity index (χ0v) is 18.3. The molecule has 6 nitrogen and oxygen atoms in total. The lowest BCUT2D eigenvalue weighted by atomic mass is 9.76. The molecular weight excluding hydrogens is 390 g/mol. The Hall–Kier alpha value is -2.15. The lowest BCUT2D eigenvalue weighted by Gasteiger charge is -2.29. The van der Waals surface area contributed by atoms with Gasteiger partial charge in [0, 0.05) is 4.88 Å². The molecule has 158 valence electrons. The van der Waals surface area contributed by atoms with Gasteiger partial charge in [-0.1, -0.05) is 18.1 Å². The van der Waals surface area contributed by atoms with Crippen LogP contribution in [0.4, 0.5) is 5.00 Å². The highest BCUT2D eigenvalue weighted by Gasteiger charge is 2.38. The third kappa shape index (κ3) is 4.39. The molecule has 3 atom stereocenters. The van der Waals surface area contributed by atoms with E-state index in [0.29, 0.717) is 29.3 Å². The average Bonchev–Trinajstić information content (AvgIpc) is 3.00. The van der Waals surface area contributed by atoms with Gasteiger partial charge in [0.15, 0.2) is 0 Å². The smallest absolute Gasteiger partial charge is 0.341 e. The van der Waals surface area contributed by atoms with Gasteiger partial charge in [0.2, 0.25) is 5.91 Å². The maximum absolute atomic E-state index is 13.1. The van der Waals surface area contributed by atoms with Gasteiger partial charge in [-0.05, 0) is 64.4 Å². The van der Waals surface area contributed by atoms with Gasteiger partial charge >= 0.3 is 11.9 Å². The van der Waals surface area contributed by atoms with E-state index >= 15 is 0 Å². The Morgan fingerprint density at radius 3 is 2.41 bits per heavy atom. The molecule has 0 radical (unpaired) electrons. The molecule has 0 saturated heterocycles. The van der Waals surface area contributed by atoms with Crippen LogP contribution in [0.3, 0.4) is 0 Å². The van der Waals surface area contributed by atoms with Gasteiger partial charge in [-0.15, -0.1) is 11.3 Å². The van der Waals surface area contributed by atoms with Crippen molar-refractivity contribution in [3.63, 3.8) is 0 Å². The highest BCUT2D eigenvalue weighted by atomic mass is 32.1. The minimum atomic E-state index is -0.957. The van der Waals surface area contributed by atoms with Crippen LogP contribution in [0.5, 0.6) is 0 Å². The van der Waals surface area contributed by atoms with Gasteiger partial charge < -0.3 is 15.2 Å². The standard InChI is InChI=1S/C22H29NO5S/c1-5-28-22(27)18-14-7-6-11(2)8-17(14)29-20(18)23-19(24)15-9-12(3)13(4)10-16(15)21(25)26/h11,15-16H,5-10H2,1-4H3,(H,23,24)(H,25,26). The Kier molecular flexibility index (Phi) is 6.46. The number of hydrogen-bond acceptors (Lipinski definition) is 5. The lowest BCUT2D eigenvalue weighted by Crippen LogP contribution is -2.36. The van der Waals surface area contributed by atoms with Crippen LogP contribution in [0, 0.1) is 17.8 Å². The minimum Gasteiger partial charge on any atom is -0.481 e. The number of carbonyl (C=O) groups excluding carboxylic acids is 2. The predicted octanol–water partition coefficient (Wildman–Crippen LogP) is 4.44. The van der Waals surface area contributed by atoms with Crippen LogP contribution in [-0.2, 0) is 27.2 Å². The fraction of sp³-hybridized carbons (Fsp3) is 0.591. The van der Waals surface area contributed by atoms with Crippen LogP contribution < -0.4 is 5.32 Å². The van der Waals surface area contributed by atoms with Gasteiger partial charge in [0.25, 0.3) is 0 Å². The molecule has 0 aromatic carbocycles. The number of allylic oxidation sites excluding steroid dienone is 2. The summed E-state index contributed by atoms with van der Waals surface area (Å²) in [6.07, 6.45) is 3.47. The van der Waals surface area contributed by atoms with E-state index in [1.54, 1.807) is 6.92 Å². The number of thiophene rings is 1. The largest absolute Gasteiger partial charge is 0.481 e. The first-order valence-corrected chi connectivity index (χ1v) is 11.0. The van der Waals surface area contributed by atoms with E-state index in [0.717, 1.165) is 40.8 Å². The van der Waals surface area contributed by atoms with Crippen LogP contribution in [-0.4, -0.2) is 29.6 Å². The van der Waals surface area contributed by atoms with Crippen molar-refractivity contribution in [3.8, 4) is 0 Å². The van der Waals surface area contributed by atoms with Crippen molar-refractivity contribution in [2.24, 2.45) is 17.8 Å². The molecule has 3 unspecified atom stereocenters. The van der Waals surface area contributed by atoms with E-state index in [1.165, 1.54) is 11.3 Å². The van der Waals surface area contributed by atoms with E-state index in [4.69, 9.17) is 4.74 Å². The van der Waals surface area contributed by atoms with Crippen molar-refractivity contribution in [3.05, 3.63) is 27.2 Å². The van der Waals surface area contributed by atoms with Crippen molar-refractivity contribution < 1.29 is 24.2 Å². The van der Waals surface area contributed by atoms with Gasteiger partial charge in [0.05, 0.1) is 24.0 Å². The van der Waals surface area contributed by atoms with Gasteiger partial charge in [-0.25, -0.2) is 4.79 Å². The number of carboxylic acid groups (broad SMARTS) is 1. The van der Waals surface area contributed by atoms with Crippen LogP contribution in [0.25, 0.3) is 0 Å². The zero-order chi connectivity index (χ0) is 21.3. The third-order valence-electron chi connectivity index (χ3n) is 6.15. The first kappa shape index (κ1) is 21.6. The molecule has 2 N–H and O–H groups in total. The number of nitrogens with one attached hydrogen (secondary N) is 1. The summed E-state index contributed by atoms with van der Waals surface area (Å²) in [6, 6.07) is 0. The van der Waals surface area contributed by atoms with Gasteiger partial charge in [-0.3, -0.25) is 9.59 Å². The zero-order valence-electron chi connectivity index (χ0n) is 17.5. The monoisotopic (exact) mass is 419 g/mol. The van der Waals surface area contributed by atoms with E-state index < -0.39 is 23.8 Å². The Labute approximate surface area is 175 Å². The molecule has 1 amide bonds. The molecule has 2 aliphatic carbocycles. The average molecular weight is 420 g/mol. The Balaban J connectivity index is 1.91. The van der Waals surface area contributed by atoms with Crippen molar-refractivity contribution in [2.75, 3.05) is 11.9 Å². The normalized spacial score (nSPS) is 24.1. The van der Waals surface area contributed by atoms with Crippen LogP contribution >= 0.6 is 11.3 Å². The summed E-state index contributed by atoms with van der Waals surface area (Å²) >= 11 is 1.43. The molecule has 1 aromatic rings. The number of hydrogen-bond donors (Lipinski definition) is 2. The van der Waals surface area contributed by atoms with Crippen molar-refractivity contribution in [1.29, 1.82) is 0 Å². The number of esters is 1. The number of carbonyl (C=O) groups is 3. The first-order valence-electron chi connectivity index (χ1n) is 10.2. The summed E-state index contributed by atoms with van der Waals surface area (Å²) in [5, 5.41) is 13.0. The summed E-state index contributed by atoms with van der Waals surface area (Å²) in [6.45, 7) is 8.08. The molecule has 2 aliphatic rings. The summed E-state index contributed by atoms with van der Waals surface area (Å²) in [5.41, 5.74) is 3.53. The number of aliphatic carboxylic acids is 1. The van der Waals surface area contributed by atoms with Gasteiger partial charge in [-0.2, -0.15) is 0 Å². The molecule has 1 heterocycles. The second-order valence-corrected chi connectivity index (χ2v) is 9.39. The maximum Gasteiger partial charge on any atom is 0.341 e. The second kappa shape index (κ2) is 8.69. The Bertz CT molecular complexity index is 869. The van der Waals surface area contributed by atoms with E-state index in [2.05, 4.69) is 12.2 Å². The van der Waals surface area contributed by atoms with E-state index in [9.17, 15) is 19.5 Å². The summed E-state index contributed by atoms with van der Waals surface area (Å²) in [5.74, 6) is -2.57. The molecule has 7 heteroatoms. The van der Waals surface area contributed by atoms with Crippen molar-refractivity contribution in [1.82, 2.24) is 0 Å². The number of rotatable bonds is 5. The number of carboxylic acids is 1. The Morgan fingerprint density at radius 2 is 1.79 bits per heavy atom. The fourth-order valence-electron chi connectivity index (χ4n) is 4.29. The highest BCUT2D eigenvalue weighted by Crippen LogP contribution is 2.41. The molecule has 1 aromatic heterocycles. The van der Waals surface area contributed by atoms with Crippen LogP contribution in [0.1, 0.15) is 67.8 Å². The number of anilines is 1. The summed E-state index contributed by atoms with van der Waals surface area (Å²) in [4.78, 5) is 38.6. The third-order valence-corrected chi connectivity index (χ3v) is 7.32. The lowest BCUT2D eigenvalue weighted by molar-refractivity contribution is -0.146. The summed E-state index contributed by atoms with van der Waals surface area (Å²) in [7, 11) is 0. The SMILES string of the molecule is CCOC(=O)c1c(NC(=O)C2CC(C)=C(C)CC2C(=O)O)sc2c1CCC(C)C2. The quantitative estimate of drug-likeness (QED) is 0.544. The molecule has 0 aliphatic heterocycles. The minimum absolute atomic E-state index is 0.264. The van der Waals surface area contributed by atoms with E-state index in [1.807, 2.05) is 13.8 Å². The first-order chi connectivity index (χ1) is 13.7. The number of amides is 1. The maximum atomic E-state index is 13.1. The highest BCUT2D eigenvalue weighted by molar-refractivity contribution is 7.17. The molecule has 0 saturated carbocycles. The molecule has 3 rings (SSSR count). The summed E-state index contributed by atoms with van der Waals surface area (Å²) < 4.78 is 5.25. The molecule has 0 spiro atoms. The topological polar surface area (TPSA) is 92.7 Å². The fourth-order valence-corrected chi connectivity index (χ4v) is 5.69. The molecule has 0 bridgehead atoms. The van der Waals surface area contributed by atoms with E-state index in [-0.39, 0.29) is 12.5 Å².